The number of hydrogen-bond acceptors (Lipinski definition) is 6. The molecule has 0 N–H and O–H groups in total. The lowest BCUT2D eigenvalue weighted by molar-refractivity contribution is 0.0735. The Balaban J connectivity index is 1.28. The van der Waals surface area contributed by atoms with Gasteiger partial charge in [-0.3, -0.25) is 0 Å². The molecule has 4 aromatic rings. The van der Waals surface area contributed by atoms with Gasteiger partial charge in [-0.2, -0.15) is 0 Å². The largest absolute Gasteiger partial charge is 0.423 e. The Labute approximate surface area is 191 Å². The number of carbonyl (C=O) groups excluding carboxylic acids is 1. The summed E-state index contributed by atoms with van der Waals surface area (Å²) in [6.07, 6.45) is 0. The van der Waals surface area contributed by atoms with Gasteiger partial charge in [-0.1, -0.05) is 60.7 Å². The van der Waals surface area contributed by atoms with Crippen molar-refractivity contribution in [3.8, 4) is 16.9 Å². The lowest BCUT2D eigenvalue weighted by atomic mass is 10.0. The van der Waals surface area contributed by atoms with Gasteiger partial charge in [0.15, 0.2) is 5.13 Å². The Kier molecular flexibility index (Phi) is 5.88. The van der Waals surface area contributed by atoms with Crippen molar-refractivity contribution in [1.82, 2.24) is 9.88 Å². The zero-order valence-electron chi connectivity index (χ0n) is 18.0. The summed E-state index contributed by atoms with van der Waals surface area (Å²) in [7, 11) is 0. The van der Waals surface area contributed by atoms with E-state index in [1.165, 1.54) is 0 Å². The highest BCUT2D eigenvalue weighted by molar-refractivity contribution is 7.22. The van der Waals surface area contributed by atoms with Gasteiger partial charge in [0.1, 0.15) is 5.75 Å². The molecule has 0 radical (unpaired) electrons. The van der Waals surface area contributed by atoms with E-state index < -0.39 is 0 Å². The second-order valence-electron chi connectivity index (χ2n) is 7.88. The number of anilines is 1. The van der Waals surface area contributed by atoms with Crippen LogP contribution in [0.2, 0.25) is 0 Å². The van der Waals surface area contributed by atoms with Crippen molar-refractivity contribution in [3.05, 3.63) is 78.4 Å². The van der Waals surface area contributed by atoms with E-state index >= 15 is 0 Å². The average Bonchev–Trinajstić information content (AvgIpc) is 3.28. The molecule has 1 aromatic heterocycles. The highest BCUT2D eigenvalue weighted by Crippen LogP contribution is 2.32. The van der Waals surface area contributed by atoms with Crippen LogP contribution >= 0.6 is 11.3 Å². The number of benzene rings is 3. The summed E-state index contributed by atoms with van der Waals surface area (Å²) in [5.41, 5.74) is 3.66. The van der Waals surface area contributed by atoms with E-state index in [1.807, 2.05) is 60.7 Å². The van der Waals surface area contributed by atoms with E-state index in [1.54, 1.807) is 11.3 Å². The smallest absolute Gasteiger partial charge is 0.343 e. The van der Waals surface area contributed by atoms with E-state index in [4.69, 9.17) is 9.72 Å². The van der Waals surface area contributed by atoms with Crippen LogP contribution in [0.1, 0.15) is 17.3 Å². The van der Waals surface area contributed by atoms with Crippen LogP contribution in [0.25, 0.3) is 21.3 Å². The van der Waals surface area contributed by atoms with E-state index in [-0.39, 0.29) is 5.97 Å². The molecule has 162 valence electrons. The fourth-order valence-electron chi connectivity index (χ4n) is 3.94. The lowest BCUT2D eigenvalue weighted by Crippen LogP contribution is -2.46. The van der Waals surface area contributed by atoms with E-state index in [0.29, 0.717) is 11.3 Å². The zero-order chi connectivity index (χ0) is 21.9. The van der Waals surface area contributed by atoms with E-state index in [0.717, 1.165) is 59.2 Å². The molecule has 1 aliphatic rings. The molecule has 1 fully saturated rings. The normalized spacial score (nSPS) is 14.6. The molecule has 5 nitrogen and oxygen atoms in total. The summed E-state index contributed by atoms with van der Waals surface area (Å²) < 4.78 is 6.69. The summed E-state index contributed by atoms with van der Waals surface area (Å²) >= 11 is 1.65. The second-order valence-corrected chi connectivity index (χ2v) is 8.89. The minimum Gasteiger partial charge on any atom is -0.423 e. The number of aromatic nitrogens is 1. The first-order valence-corrected chi connectivity index (χ1v) is 11.8. The topological polar surface area (TPSA) is 45.7 Å². The van der Waals surface area contributed by atoms with Gasteiger partial charge in [-0.05, 0) is 41.9 Å². The summed E-state index contributed by atoms with van der Waals surface area (Å²) in [6.45, 7) is 7.42. The molecule has 0 spiro atoms. The van der Waals surface area contributed by atoms with Gasteiger partial charge in [-0.15, -0.1) is 0 Å². The fourth-order valence-corrected chi connectivity index (χ4v) is 4.99. The average molecular weight is 444 g/mol. The number of thiazole rings is 1. The lowest BCUT2D eigenvalue weighted by Gasteiger charge is -2.33. The second kappa shape index (κ2) is 9.10. The molecule has 0 aliphatic carbocycles. The molecule has 0 atom stereocenters. The number of rotatable bonds is 5. The molecule has 32 heavy (non-hydrogen) atoms. The maximum atomic E-state index is 12.7. The van der Waals surface area contributed by atoms with Gasteiger partial charge in [0.2, 0.25) is 0 Å². The van der Waals surface area contributed by atoms with Gasteiger partial charge < -0.3 is 14.5 Å². The Hall–Kier alpha value is -3.22. The Morgan fingerprint density at radius 3 is 2.38 bits per heavy atom. The third-order valence-corrected chi connectivity index (χ3v) is 6.96. The van der Waals surface area contributed by atoms with Crippen LogP contribution in [-0.2, 0) is 0 Å². The standard InChI is InChI=1S/C26H25N3O2S/c1-2-28-14-16-29(17-15-28)26-27-23-13-12-22(18-24(23)32-26)31-25(30)21-10-8-20(9-11-21)19-6-4-3-5-7-19/h3-13,18H,2,14-17H2,1H3. The van der Waals surface area contributed by atoms with Crippen molar-refractivity contribution in [2.45, 2.75) is 6.92 Å². The molecule has 3 aromatic carbocycles. The number of piperazine rings is 1. The molecule has 0 amide bonds. The highest BCUT2D eigenvalue weighted by Gasteiger charge is 2.19. The SMILES string of the molecule is CCN1CCN(c2nc3ccc(OC(=O)c4ccc(-c5ccccc5)cc4)cc3s2)CC1. The minimum absolute atomic E-state index is 0.357. The van der Waals surface area contributed by atoms with Gasteiger partial charge >= 0.3 is 5.97 Å². The third-order valence-electron chi connectivity index (χ3n) is 5.88. The van der Waals surface area contributed by atoms with Crippen LogP contribution < -0.4 is 9.64 Å². The van der Waals surface area contributed by atoms with Gasteiger partial charge in [0, 0.05) is 32.2 Å². The number of likely N-dealkylation sites (N-methyl/N-ethyl adjacent to an activating group) is 1. The number of ether oxygens (including phenoxy) is 1. The van der Waals surface area contributed by atoms with E-state index in [2.05, 4.69) is 28.9 Å². The van der Waals surface area contributed by atoms with E-state index in [9.17, 15) is 4.79 Å². The predicted octanol–water partition coefficient (Wildman–Crippen LogP) is 5.32. The highest BCUT2D eigenvalue weighted by atomic mass is 32.1. The van der Waals surface area contributed by atoms with Crippen molar-refractivity contribution < 1.29 is 9.53 Å². The van der Waals surface area contributed by atoms with Crippen molar-refractivity contribution in [2.75, 3.05) is 37.6 Å². The third kappa shape index (κ3) is 4.38. The zero-order valence-corrected chi connectivity index (χ0v) is 18.8. The van der Waals surface area contributed by atoms with Crippen LogP contribution in [-0.4, -0.2) is 48.6 Å². The van der Waals surface area contributed by atoms with Crippen LogP contribution in [0, 0.1) is 0 Å². The monoisotopic (exact) mass is 443 g/mol. The van der Waals surface area contributed by atoms with Crippen molar-refractivity contribution in [3.63, 3.8) is 0 Å². The maximum absolute atomic E-state index is 12.7. The Bertz CT molecular complexity index is 1210. The first-order chi connectivity index (χ1) is 15.7. The maximum Gasteiger partial charge on any atom is 0.343 e. The van der Waals surface area contributed by atoms with Gasteiger partial charge in [0.25, 0.3) is 0 Å². The number of carbonyl (C=O) groups is 1. The van der Waals surface area contributed by atoms with Gasteiger partial charge in [0.05, 0.1) is 15.8 Å². The van der Waals surface area contributed by atoms with Crippen molar-refractivity contribution in [1.29, 1.82) is 0 Å². The first-order valence-electron chi connectivity index (χ1n) is 10.9. The Morgan fingerprint density at radius 2 is 1.66 bits per heavy atom. The number of fused-ring (bicyclic) bond motifs is 1. The summed E-state index contributed by atoms with van der Waals surface area (Å²) in [5.74, 6) is 0.185. The summed E-state index contributed by atoms with van der Waals surface area (Å²) in [4.78, 5) is 22.2. The number of hydrogen-bond donors (Lipinski definition) is 0. The summed E-state index contributed by atoms with van der Waals surface area (Å²) in [6, 6.07) is 23.3. The van der Waals surface area contributed by atoms with Crippen LogP contribution in [0.3, 0.4) is 0 Å². The molecule has 2 heterocycles. The van der Waals surface area contributed by atoms with Crippen LogP contribution in [0.4, 0.5) is 5.13 Å². The molecule has 1 aliphatic heterocycles. The molecule has 6 heteroatoms. The van der Waals surface area contributed by atoms with Crippen LogP contribution in [0.5, 0.6) is 5.75 Å². The molecule has 0 saturated carbocycles. The minimum atomic E-state index is -0.357. The van der Waals surface area contributed by atoms with Crippen molar-refractivity contribution in [2.24, 2.45) is 0 Å². The Morgan fingerprint density at radius 1 is 0.938 bits per heavy atom. The molecule has 5 rings (SSSR count). The van der Waals surface area contributed by atoms with Crippen molar-refractivity contribution >= 4 is 32.7 Å². The number of esters is 1. The summed E-state index contributed by atoms with van der Waals surface area (Å²) in [5, 5.41) is 1.04. The quantitative estimate of drug-likeness (QED) is 0.308. The molecular formula is C26H25N3O2S. The molecule has 0 bridgehead atoms. The van der Waals surface area contributed by atoms with Crippen LogP contribution in [0.15, 0.2) is 72.8 Å². The molecule has 0 unspecified atom stereocenters. The molecule has 1 saturated heterocycles. The van der Waals surface area contributed by atoms with Gasteiger partial charge in [-0.25, -0.2) is 9.78 Å². The fraction of sp³-hybridized carbons (Fsp3) is 0.231. The molecular weight excluding hydrogens is 418 g/mol. The first kappa shape index (κ1) is 20.7. The number of nitrogens with zero attached hydrogens (tertiary/aromatic N) is 3. The predicted molar refractivity (Wildman–Crippen MR) is 131 cm³/mol.